The van der Waals surface area contributed by atoms with E-state index in [2.05, 4.69) is 9.97 Å². The van der Waals surface area contributed by atoms with Gasteiger partial charge in [0, 0.05) is 41.0 Å². The van der Waals surface area contributed by atoms with E-state index in [0.29, 0.717) is 0 Å². The van der Waals surface area contributed by atoms with Gasteiger partial charge in [0.05, 0.1) is 10.7 Å². The first-order chi connectivity index (χ1) is 11.6. The van der Waals surface area contributed by atoms with Crippen LogP contribution in [-0.2, 0) is 0 Å². The summed E-state index contributed by atoms with van der Waals surface area (Å²) in [6.07, 6.45) is 5.59. The molecule has 0 atom stereocenters. The van der Waals surface area contributed by atoms with E-state index in [1.807, 2.05) is 48.0 Å². The van der Waals surface area contributed by atoms with Gasteiger partial charge in [0.1, 0.15) is 11.5 Å². The van der Waals surface area contributed by atoms with Crippen molar-refractivity contribution in [2.45, 2.75) is 6.92 Å². The molecule has 1 aromatic carbocycles. The third kappa shape index (κ3) is 2.45. The fourth-order valence-corrected chi connectivity index (χ4v) is 2.95. The molecule has 0 N–H and O–H groups in total. The maximum atomic E-state index is 13.5. The van der Waals surface area contributed by atoms with Crippen molar-refractivity contribution in [3.8, 4) is 22.4 Å². The van der Waals surface area contributed by atoms with E-state index in [9.17, 15) is 4.39 Å². The Hall–Kier alpha value is -2.72. The Morgan fingerprint density at radius 2 is 1.88 bits per heavy atom. The minimum absolute atomic E-state index is 0.0880. The van der Waals surface area contributed by atoms with Gasteiger partial charge < -0.3 is 4.40 Å². The molecule has 0 saturated heterocycles. The van der Waals surface area contributed by atoms with Crippen LogP contribution in [0.15, 0.2) is 61.1 Å². The van der Waals surface area contributed by atoms with Crippen LogP contribution in [0.1, 0.15) is 5.69 Å². The van der Waals surface area contributed by atoms with Gasteiger partial charge in [-0.15, -0.1) is 0 Å². The molecule has 0 fully saturated rings. The number of aromatic nitrogens is 3. The normalized spacial score (nSPS) is 11.1. The average molecular weight is 338 g/mol. The lowest BCUT2D eigenvalue weighted by Gasteiger charge is -2.10. The van der Waals surface area contributed by atoms with Crippen LogP contribution in [0.25, 0.3) is 28.0 Å². The Bertz CT molecular complexity index is 1060. The lowest BCUT2D eigenvalue weighted by Crippen LogP contribution is -1.93. The highest BCUT2D eigenvalue weighted by molar-refractivity contribution is 6.31. The fraction of sp³-hybridized carbons (Fsp3) is 0.0526. The molecular weight excluding hydrogens is 325 g/mol. The highest BCUT2D eigenvalue weighted by Gasteiger charge is 2.11. The Morgan fingerprint density at radius 3 is 2.71 bits per heavy atom. The molecule has 0 aliphatic carbocycles. The highest BCUT2D eigenvalue weighted by Crippen LogP contribution is 2.32. The summed E-state index contributed by atoms with van der Waals surface area (Å²) < 4.78 is 15.5. The van der Waals surface area contributed by atoms with Crippen molar-refractivity contribution in [3.05, 3.63) is 77.6 Å². The first-order valence-corrected chi connectivity index (χ1v) is 7.86. The molecule has 0 aliphatic rings. The topological polar surface area (TPSA) is 30.2 Å². The summed E-state index contributed by atoms with van der Waals surface area (Å²) in [6.45, 7) is 2.01. The summed E-state index contributed by atoms with van der Waals surface area (Å²) in [5, 5.41) is 0.0880. The molecule has 0 saturated carbocycles. The van der Waals surface area contributed by atoms with Gasteiger partial charge in [-0.3, -0.25) is 4.98 Å². The van der Waals surface area contributed by atoms with Crippen molar-refractivity contribution in [3.63, 3.8) is 0 Å². The second-order valence-electron chi connectivity index (χ2n) is 5.57. The molecule has 0 spiro atoms. The lowest BCUT2D eigenvalue weighted by molar-refractivity contribution is 0.628. The molecule has 0 bridgehead atoms. The smallest absolute Gasteiger partial charge is 0.141 e. The number of hydrogen-bond acceptors (Lipinski definition) is 2. The van der Waals surface area contributed by atoms with Crippen LogP contribution in [-0.4, -0.2) is 14.4 Å². The maximum Gasteiger partial charge on any atom is 0.141 e. The molecule has 4 aromatic rings. The van der Waals surface area contributed by atoms with Crippen LogP contribution in [0.4, 0.5) is 4.39 Å². The van der Waals surface area contributed by atoms with Crippen LogP contribution in [0.5, 0.6) is 0 Å². The number of hydrogen-bond donors (Lipinski definition) is 0. The predicted molar refractivity (Wildman–Crippen MR) is 93.6 cm³/mol. The summed E-state index contributed by atoms with van der Waals surface area (Å²) in [7, 11) is 0. The second-order valence-corrected chi connectivity index (χ2v) is 5.98. The zero-order chi connectivity index (χ0) is 16.7. The van der Waals surface area contributed by atoms with Crippen LogP contribution >= 0.6 is 11.6 Å². The highest BCUT2D eigenvalue weighted by atomic mass is 35.5. The molecule has 0 amide bonds. The van der Waals surface area contributed by atoms with Gasteiger partial charge >= 0.3 is 0 Å². The van der Waals surface area contributed by atoms with Crippen molar-refractivity contribution in [2.24, 2.45) is 0 Å². The minimum atomic E-state index is -0.437. The van der Waals surface area contributed by atoms with Crippen molar-refractivity contribution >= 4 is 17.2 Å². The molecule has 3 nitrogen and oxygen atoms in total. The standard InChI is InChI=1S/C19H13ClFN3/c1-12-10-23-18-7-5-14(11-24(12)18)15-3-2-8-22-19(15)13-4-6-17(21)16(20)9-13/h2-11H,1H3. The summed E-state index contributed by atoms with van der Waals surface area (Å²) in [5.41, 5.74) is 5.45. The SMILES string of the molecule is Cc1cnc2ccc(-c3cccnc3-c3ccc(F)c(Cl)c3)cn12. The number of imidazole rings is 1. The molecule has 118 valence electrons. The van der Waals surface area contributed by atoms with E-state index in [1.54, 1.807) is 18.3 Å². The number of rotatable bonds is 2. The number of aryl methyl sites for hydroxylation is 1. The van der Waals surface area contributed by atoms with Crippen molar-refractivity contribution in [1.29, 1.82) is 0 Å². The van der Waals surface area contributed by atoms with Gasteiger partial charge in [-0.25, -0.2) is 9.37 Å². The predicted octanol–water partition coefficient (Wildman–Crippen LogP) is 5.16. The van der Waals surface area contributed by atoms with Gasteiger partial charge in [-0.2, -0.15) is 0 Å². The first kappa shape index (κ1) is 14.8. The first-order valence-electron chi connectivity index (χ1n) is 7.48. The fourth-order valence-electron chi connectivity index (χ4n) is 2.77. The number of pyridine rings is 2. The van der Waals surface area contributed by atoms with E-state index in [4.69, 9.17) is 11.6 Å². The molecule has 3 aromatic heterocycles. The number of halogens is 2. The van der Waals surface area contributed by atoms with Crippen molar-refractivity contribution < 1.29 is 4.39 Å². The largest absolute Gasteiger partial charge is 0.304 e. The molecule has 0 aliphatic heterocycles. The van der Waals surface area contributed by atoms with Crippen LogP contribution in [0.2, 0.25) is 5.02 Å². The Morgan fingerprint density at radius 1 is 1.04 bits per heavy atom. The Kier molecular flexibility index (Phi) is 3.54. The third-order valence-electron chi connectivity index (χ3n) is 4.00. The van der Waals surface area contributed by atoms with E-state index in [1.165, 1.54) is 6.07 Å². The second kappa shape index (κ2) is 5.73. The Labute approximate surface area is 143 Å². The van der Waals surface area contributed by atoms with Crippen LogP contribution in [0, 0.1) is 12.7 Å². The number of benzene rings is 1. The van der Waals surface area contributed by atoms with Crippen molar-refractivity contribution in [1.82, 2.24) is 14.4 Å². The van der Waals surface area contributed by atoms with Crippen molar-refractivity contribution in [2.75, 3.05) is 0 Å². The zero-order valence-electron chi connectivity index (χ0n) is 12.9. The molecular formula is C19H13ClFN3. The molecule has 0 radical (unpaired) electrons. The van der Waals surface area contributed by atoms with E-state index >= 15 is 0 Å². The van der Waals surface area contributed by atoms with E-state index in [-0.39, 0.29) is 5.02 Å². The summed E-state index contributed by atoms with van der Waals surface area (Å²) >= 11 is 5.93. The summed E-state index contributed by atoms with van der Waals surface area (Å²) in [6, 6.07) is 12.5. The summed E-state index contributed by atoms with van der Waals surface area (Å²) in [5.74, 6) is -0.437. The van der Waals surface area contributed by atoms with E-state index in [0.717, 1.165) is 33.7 Å². The summed E-state index contributed by atoms with van der Waals surface area (Å²) in [4.78, 5) is 8.82. The minimum Gasteiger partial charge on any atom is -0.304 e. The van der Waals surface area contributed by atoms with Gasteiger partial charge in [0.2, 0.25) is 0 Å². The third-order valence-corrected chi connectivity index (χ3v) is 4.29. The quantitative estimate of drug-likeness (QED) is 0.505. The Balaban J connectivity index is 1.91. The van der Waals surface area contributed by atoms with Gasteiger partial charge in [0.25, 0.3) is 0 Å². The van der Waals surface area contributed by atoms with Gasteiger partial charge in [-0.05, 0) is 43.3 Å². The van der Waals surface area contributed by atoms with Crippen LogP contribution in [0.3, 0.4) is 0 Å². The zero-order valence-corrected chi connectivity index (χ0v) is 13.6. The van der Waals surface area contributed by atoms with Gasteiger partial charge in [0.15, 0.2) is 0 Å². The molecule has 3 heterocycles. The van der Waals surface area contributed by atoms with Crippen LogP contribution < -0.4 is 0 Å². The number of nitrogens with zero attached hydrogens (tertiary/aromatic N) is 3. The van der Waals surface area contributed by atoms with Gasteiger partial charge in [-0.1, -0.05) is 17.7 Å². The lowest BCUT2D eigenvalue weighted by atomic mass is 10.0. The number of fused-ring (bicyclic) bond motifs is 1. The molecule has 5 heteroatoms. The molecule has 24 heavy (non-hydrogen) atoms. The molecule has 0 unspecified atom stereocenters. The average Bonchev–Trinajstić information content (AvgIpc) is 2.98. The monoisotopic (exact) mass is 337 g/mol. The molecule has 4 rings (SSSR count). The van der Waals surface area contributed by atoms with E-state index < -0.39 is 5.82 Å². The maximum absolute atomic E-state index is 13.5.